The fraction of sp³-hybridized carbons (Fsp3) is 0.591. The monoisotopic (exact) mass is 399 g/mol. The first-order valence-electron chi connectivity index (χ1n) is 10.5. The lowest BCUT2D eigenvalue weighted by molar-refractivity contribution is -0.162. The van der Waals surface area contributed by atoms with Crippen molar-refractivity contribution in [2.24, 2.45) is 11.8 Å². The summed E-state index contributed by atoms with van der Waals surface area (Å²) in [6.45, 7) is 4.29. The number of carboxylic acid groups (broad SMARTS) is 1. The second-order valence-electron chi connectivity index (χ2n) is 8.60. The second kappa shape index (κ2) is 8.14. The van der Waals surface area contributed by atoms with Gasteiger partial charge in [0.15, 0.2) is 0 Å². The Hall–Kier alpha value is -2.41. The molecule has 7 nitrogen and oxygen atoms in total. The molecule has 3 saturated heterocycles. The second-order valence-corrected chi connectivity index (χ2v) is 8.60. The maximum Gasteiger partial charge on any atom is 0.300 e. The quantitative estimate of drug-likeness (QED) is 0.749. The molecule has 0 spiro atoms. The number of benzene rings is 1. The minimum atomic E-state index is -0.833. The van der Waals surface area contributed by atoms with Crippen LogP contribution in [0.5, 0.6) is 0 Å². The number of carbonyl (C=O) groups excluding carboxylic acids is 2. The molecule has 7 heteroatoms. The molecule has 4 atom stereocenters. The number of fused-ring (bicyclic) bond motifs is 5. The zero-order valence-corrected chi connectivity index (χ0v) is 16.8. The SMILES string of the molecule is CC(=O)O.O=C([C@H]1[C@@H]2CNC[C@@H](C2)[C@@H]2CCCC(=O)N21)N1Cc2ccccc2C1. The van der Waals surface area contributed by atoms with E-state index in [0.29, 0.717) is 25.4 Å². The van der Waals surface area contributed by atoms with E-state index in [1.54, 1.807) is 0 Å². The van der Waals surface area contributed by atoms with Gasteiger partial charge in [0.25, 0.3) is 5.97 Å². The van der Waals surface area contributed by atoms with Gasteiger partial charge in [-0.15, -0.1) is 0 Å². The molecule has 0 unspecified atom stereocenters. The van der Waals surface area contributed by atoms with Gasteiger partial charge in [-0.2, -0.15) is 0 Å². The van der Waals surface area contributed by atoms with E-state index in [9.17, 15) is 9.59 Å². The number of rotatable bonds is 1. The summed E-state index contributed by atoms with van der Waals surface area (Å²) in [7, 11) is 0. The lowest BCUT2D eigenvalue weighted by atomic mass is 9.72. The van der Waals surface area contributed by atoms with E-state index >= 15 is 0 Å². The number of nitrogens with zero attached hydrogens (tertiary/aromatic N) is 2. The van der Waals surface area contributed by atoms with Crippen LogP contribution in [0.2, 0.25) is 0 Å². The Kier molecular flexibility index (Phi) is 5.58. The Bertz CT molecular complexity index is 782. The van der Waals surface area contributed by atoms with E-state index in [-0.39, 0.29) is 29.8 Å². The third-order valence-corrected chi connectivity index (χ3v) is 6.65. The van der Waals surface area contributed by atoms with Crippen LogP contribution in [-0.4, -0.2) is 57.9 Å². The third kappa shape index (κ3) is 3.88. The Morgan fingerprint density at radius 1 is 1.10 bits per heavy atom. The molecule has 4 aliphatic rings. The molecule has 2 N–H and O–H groups in total. The van der Waals surface area contributed by atoms with Crippen molar-refractivity contribution in [1.82, 2.24) is 15.1 Å². The average molecular weight is 399 g/mol. The molecule has 4 heterocycles. The normalized spacial score (nSPS) is 30.0. The molecule has 4 aliphatic heterocycles. The topological polar surface area (TPSA) is 89.9 Å². The fourth-order valence-corrected chi connectivity index (χ4v) is 5.51. The molecular formula is C22H29N3O4. The molecule has 5 rings (SSSR count). The summed E-state index contributed by atoms with van der Waals surface area (Å²) >= 11 is 0. The molecule has 0 aromatic heterocycles. The van der Waals surface area contributed by atoms with Crippen molar-refractivity contribution in [3.05, 3.63) is 35.4 Å². The Morgan fingerprint density at radius 3 is 2.38 bits per heavy atom. The molecular weight excluding hydrogens is 370 g/mol. The van der Waals surface area contributed by atoms with Crippen molar-refractivity contribution in [3.8, 4) is 0 Å². The number of piperidine rings is 3. The molecule has 2 bridgehead atoms. The van der Waals surface area contributed by atoms with Gasteiger partial charge < -0.3 is 20.2 Å². The van der Waals surface area contributed by atoms with Crippen molar-refractivity contribution in [3.63, 3.8) is 0 Å². The van der Waals surface area contributed by atoms with Gasteiger partial charge in [-0.25, -0.2) is 0 Å². The first kappa shape index (κ1) is 19.9. The van der Waals surface area contributed by atoms with Gasteiger partial charge in [0.05, 0.1) is 0 Å². The number of hydrogen-bond donors (Lipinski definition) is 2. The number of carbonyl (C=O) groups is 3. The summed E-state index contributed by atoms with van der Waals surface area (Å²) in [5, 5.41) is 10.9. The standard InChI is InChI=1S/C20H25N3O2.C2H4O2/c24-18-7-3-6-17-15-8-16(10-21-9-15)19(23(17)18)20(25)22-11-13-4-1-2-5-14(13)12-22;1-2(3)4/h1-2,4-5,15-17,19,21H,3,6-12H2;1H3,(H,3,4)/t15-,16+,17+,19-;/m1./s1. The molecule has 2 amide bonds. The van der Waals surface area contributed by atoms with Crippen LogP contribution >= 0.6 is 0 Å². The Morgan fingerprint density at radius 2 is 1.72 bits per heavy atom. The van der Waals surface area contributed by atoms with E-state index in [0.717, 1.165) is 39.3 Å². The van der Waals surface area contributed by atoms with Crippen molar-refractivity contribution in [2.45, 2.75) is 57.8 Å². The van der Waals surface area contributed by atoms with E-state index in [1.807, 2.05) is 21.9 Å². The average Bonchev–Trinajstić information content (AvgIpc) is 3.13. The van der Waals surface area contributed by atoms with E-state index in [1.165, 1.54) is 11.1 Å². The summed E-state index contributed by atoms with van der Waals surface area (Å²) < 4.78 is 0. The summed E-state index contributed by atoms with van der Waals surface area (Å²) in [6.07, 6.45) is 3.71. The van der Waals surface area contributed by atoms with E-state index in [4.69, 9.17) is 9.90 Å². The smallest absolute Gasteiger partial charge is 0.300 e. The highest BCUT2D eigenvalue weighted by Gasteiger charge is 2.51. The highest BCUT2D eigenvalue weighted by atomic mass is 16.4. The van der Waals surface area contributed by atoms with Crippen LogP contribution in [0.3, 0.4) is 0 Å². The number of nitrogens with one attached hydrogen (secondary N) is 1. The molecule has 29 heavy (non-hydrogen) atoms. The first-order valence-corrected chi connectivity index (χ1v) is 10.5. The van der Waals surface area contributed by atoms with E-state index in [2.05, 4.69) is 17.4 Å². The predicted octanol–water partition coefficient (Wildman–Crippen LogP) is 1.61. The zero-order chi connectivity index (χ0) is 20.5. The van der Waals surface area contributed by atoms with Gasteiger partial charge in [0.1, 0.15) is 6.04 Å². The molecule has 0 aliphatic carbocycles. The largest absolute Gasteiger partial charge is 0.481 e. The maximum atomic E-state index is 13.5. The van der Waals surface area contributed by atoms with Crippen molar-refractivity contribution in [1.29, 1.82) is 0 Å². The predicted molar refractivity (Wildman–Crippen MR) is 107 cm³/mol. The van der Waals surface area contributed by atoms with Crippen LogP contribution in [0.15, 0.2) is 24.3 Å². The fourth-order valence-electron chi connectivity index (χ4n) is 5.51. The Balaban J connectivity index is 0.000000472. The highest BCUT2D eigenvalue weighted by Crippen LogP contribution is 2.40. The molecule has 1 aromatic carbocycles. The number of hydrogen-bond acceptors (Lipinski definition) is 4. The number of aliphatic carboxylic acids is 1. The van der Waals surface area contributed by atoms with Crippen LogP contribution in [0.1, 0.15) is 43.7 Å². The van der Waals surface area contributed by atoms with Crippen LogP contribution in [0.25, 0.3) is 0 Å². The third-order valence-electron chi connectivity index (χ3n) is 6.65. The molecule has 0 saturated carbocycles. The van der Waals surface area contributed by atoms with Crippen LogP contribution in [0.4, 0.5) is 0 Å². The summed E-state index contributed by atoms with van der Waals surface area (Å²) in [5.74, 6) is 0.294. The summed E-state index contributed by atoms with van der Waals surface area (Å²) in [5.41, 5.74) is 2.49. The summed E-state index contributed by atoms with van der Waals surface area (Å²) in [6, 6.07) is 8.27. The number of amides is 2. The van der Waals surface area contributed by atoms with Gasteiger partial charge in [-0.3, -0.25) is 14.4 Å². The van der Waals surface area contributed by atoms with Gasteiger partial charge in [0.2, 0.25) is 11.8 Å². The molecule has 156 valence electrons. The Labute approximate surface area is 171 Å². The zero-order valence-electron chi connectivity index (χ0n) is 16.8. The van der Waals surface area contributed by atoms with E-state index < -0.39 is 5.97 Å². The van der Waals surface area contributed by atoms with Crippen molar-refractivity contribution in [2.75, 3.05) is 13.1 Å². The lowest BCUT2D eigenvalue weighted by Crippen LogP contribution is -2.67. The van der Waals surface area contributed by atoms with Gasteiger partial charge in [-0.1, -0.05) is 24.3 Å². The van der Waals surface area contributed by atoms with Crippen LogP contribution in [0, 0.1) is 11.8 Å². The minimum absolute atomic E-state index is 0.156. The van der Waals surface area contributed by atoms with Crippen molar-refractivity contribution < 1.29 is 19.5 Å². The molecule has 0 radical (unpaired) electrons. The van der Waals surface area contributed by atoms with Crippen LogP contribution < -0.4 is 5.32 Å². The van der Waals surface area contributed by atoms with Gasteiger partial charge in [0, 0.05) is 44.9 Å². The minimum Gasteiger partial charge on any atom is -0.481 e. The lowest BCUT2D eigenvalue weighted by Gasteiger charge is -2.54. The van der Waals surface area contributed by atoms with Gasteiger partial charge in [-0.05, 0) is 42.9 Å². The molecule has 3 fully saturated rings. The maximum absolute atomic E-state index is 13.5. The van der Waals surface area contributed by atoms with Crippen molar-refractivity contribution >= 4 is 17.8 Å². The first-order chi connectivity index (χ1) is 14.0. The highest BCUT2D eigenvalue weighted by molar-refractivity contribution is 5.89. The van der Waals surface area contributed by atoms with Gasteiger partial charge >= 0.3 is 0 Å². The number of carboxylic acids is 1. The summed E-state index contributed by atoms with van der Waals surface area (Å²) in [4.78, 5) is 39.2. The van der Waals surface area contributed by atoms with Crippen LogP contribution in [-0.2, 0) is 27.5 Å². The molecule has 1 aromatic rings.